The van der Waals surface area contributed by atoms with Gasteiger partial charge in [0.25, 0.3) is 5.91 Å². The number of amides is 1. The number of aryl methyl sites for hydroxylation is 1. The first-order valence-corrected chi connectivity index (χ1v) is 10.1. The lowest BCUT2D eigenvalue weighted by molar-refractivity contribution is 0.0678. The number of carbonyl (C=O) groups excluding carboxylic acids is 1. The summed E-state index contributed by atoms with van der Waals surface area (Å²) in [5.41, 5.74) is 1.13. The summed E-state index contributed by atoms with van der Waals surface area (Å²) < 4.78 is 5.88. The van der Waals surface area contributed by atoms with Gasteiger partial charge in [-0.2, -0.15) is 0 Å². The van der Waals surface area contributed by atoms with Crippen LogP contribution >= 0.6 is 11.3 Å². The van der Waals surface area contributed by atoms with Crippen LogP contribution in [0, 0.1) is 6.92 Å². The maximum atomic E-state index is 12.7. The predicted molar refractivity (Wildman–Crippen MR) is 110 cm³/mol. The van der Waals surface area contributed by atoms with Crippen LogP contribution in [0.15, 0.2) is 54.2 Å². The number of piperazine rings is 1. The molecule has 3 heterocycles. The standard InChI is InChI=1S/C21H22N4O2S/c1-15-5-3-6-17(11-15)27-20-12-19(22-14-23-20)24-8-9-25(16(2)13-24)21(26)18-7-4-10-28-18/h3-7,10-12,14,16H,8-9,13H2,1-2H3/t16-/m1/s1. The molecule has 0 N–H and O–H groups in total. The Bertz CT molecular complexity index is 961. The molecule has 0 unspecified atom stereocenters. The van der Waals surface area contributed by atoms with Crippen LogP contribution < -0.4 is 9.64 Å². The topological polar surface area (TPSA) is 58.6 Å². The van der Waals surface area contributed by atoms with Crippen molar-refractivity contribution in [1.29, 1.82) is 0 Å². The highest BCUT2D eigenvalue weighted by molar-refractivity contribution is 7.12. The Morgan fingerprint density at radius 1 is 1.18 bits per heavy atom. The molecule has 1 saturated heterocycles. The van der Waals surface area contributed by atoms with Crippen LogP contribution in [0.3, 0.4) is 0 Å². The molecule has 1 amide bonds. The Kier molecular flexibility index (Phi) is 5.25. The molecule has 1 fully saturated rings. The van der Waals surface area contributed by atoms with Gasteiger partial charge in [-0.3, -0.25) is 4.79 Å². The van der Waals surface area contributed by atoms with Gasteiger partial charge >= 0.3 is 0 Å². The van der Waals surface area contributed by atoms with Gasteiger partial charge in [-0.25, -0.2) is 9.97 Å². The first-order valence-electron chi connectivity index (χ1n) is 9.26. The van der Waals surface area contributed by atoms with Crippen molar-refractivity contribution in [2.24, 2.45) is 0 Å². The van der Waals surface area contributed by atoms with Crippen molar-refractivity contribution in [3.63, 3.8) is 0 Å². The number of hydrogen-bond donors (Lipinski definition) is 0. The summed E-state index contributed by atoms with van der Waals surface area (Å²) in [6, 6.07) is 13.6. The van der Waals surface area contributed by atoms with Gasteiger partial charge in [0, 0.05) is 31.7 Å². The molecule has 0 radical (unpaired) electrons. The molecule has 144 valence electrons. The monoisotopic (exact) mass is 394 g/mol. The summed E-state index contributed by atoms with van der Waals surface area (Å²) in [6.45, 7) is 6.20. The summed E-state index contributed by atoms with van der Waals surface area (Å²) in [7, 11) is 0. The van der Waals surface area contributed by atoms with Crippen molar-refractivity contribution in [2.75, 3.05) is 24.5 Å². The number of ether oxygens (including phenoxy) is 1. The third-order valence-corrected chi connectivity index (χ3v) is 5.64. The van der Waals surface area contributed by atoms with Gasteiger partial charge in [-0.15, -0.1) is 11.3 Å². The minimum atomic E-state index is 0.0967. The zero-order chi connectivity index (χ0) is 19.5. The highest BCUT2D eigenvalue weighted by Gasteiger charge is 2.29. The summed E-state index contributed by atoms with van der Waals surface area (Å²) in [6.07, 6.45) is 1.52. The molecule has 6 nitrogen and oxygen atoms in total. The highest BCUT2D eigenvalue weighted by Crippen LogP contribution is 2.25. The van der Waals surface area contributed by atoms with E-state index < -0.39 is 0 Å². The zero-order valence-electron chi connectivity index (χ0n) is 15.9. The van der Waals surface area contributed by atoms with E-state index in [0.717, 1.165) is 35.1 Å². The Balaban J connectivity index is 1.45. The molecule has 3 aromatic rings. The van der Waals surface area contributed by atoms with Gasteiger partial charge in [0.2, 0.25) is 5.88 Å². The van der Waals surface area contributed by atoms with Gasteiger partial charge in [0.1, 0.15) is 17.9 Å². The van der Waals surface area contributed by atoms with Crippen LogP contribution in [0.25, 0.3) is 0 Å². The van der Waals surface area contributed by atoms with Crippen LogP contribution in [0.1, 0.15) is 22.2 Å². The molecule has 0 aliphatic carbocycles. The molecule has 4 rings (SSSR count). The zero-order valence-corrected chi connectivity index (χ0v) is 16.7. The van der Waals surface area contributed by atoms with E-state index in [4.69, 9.17) is 4.74 Å². The predicted octanol–water partition coefficient (Wildman–Crippen LogP) is 3.99. The van der Waals surface area contributed by atoms with Crippen LogP contribution in [-0.4, -0.2) is 46.5 Å². The average molecular weight is 395 g/mol. The molecule has 0 saturated carbocycles. The average Bonchev–Trinajstić information content (AvgIpc) is 3.22. The number of aromatic nitrogens is 2. The van der Waals surface area contributed by atoms with Gasteiger partial charge in [0.05, 0.1) is 4.88 Å². The molecule has 1 atom stereocenters. The van der Waals surface area contributed by atoms with E-state index >= 15 is 0 Å². The number of benzene rings is 1. The fourth-order valence-corrected chi connectivity index (χ4v) is 4.05. The Labute approximate surface area is 168 Å². The van der Waals surface area contributed by atoms with Gasteiger partial charge < -0.3 is 14.5 Å². The second-order valence-corrected chi connectivity index (χ2v) is 7.85. The minimum Gasteiger partial charge on any atom is -0.439 e. The van der Waals surface area contributed by atoms with Crippen molar-refractivity contribution in [3.05, 3.63) is 64.6 Å². The van der Waals surface area contributed by atoms with E-state index in [1.165, 1.54) is 17.7 Å². The molecule has 0 bridgehead atoms. The number of hydrogen-bond acceptors (Lipinski definition) is 6. The summed E-state index contributed by atoms with van der Waals surface area (Å²) in [4.78, 5) is 26.2. The summed E-state index contributed by atoms with van der Waals surface area (Å²) in [5.74, 6) is 2.19. The summed E-state index contributed by atoms with van der Waals surface area (Å²) >= 11 is 1.49. The molecular weight excluding hydrogens is 372 g/mol. The Hall–Kier alpha value is -2.93. The lowest BCUT2D eigenvalue weighted by Crippen LogP contribution is -2.54. The number of carbonyl (C=O) groups is 1. The molecule has 1 aliphatic rings. The third kappa shape index (κ3) is 3.99. The van der Waals surface area contributed by atoms with Crippen LogP contribution in [0.2, 0.25) is 0 Å². The first kappa shape index (κ1) is 18.4. The lowest BCUT2D eigenvalue weighted by Gasteiger charge is -2.40. The fourth-order valence-electron chi connectivity index (χ4n) is 3.37. The quantitative estimate of drug-likeness (QED) is 0.670. The second-order valence-electron chi connectivity index (χ2n) is 6.90. The van der Waals surface area contributed by atoms with Gasteiger partial charge in [-0.05, 0) is 43.0 Å². The number of anilines is 1. The second kappa shape index (κ2) is 7.98. The Morgan fingerprint density at radius 3 is 2.82 bits per heavy atom. The van der Waals surface area contributed by atoms with E-state index in [1.807, 2.05) is 59.7 Å². The first-order chi connectivity index (χ1) is 13.6. The van der Waals surface area contributed by atoms with Crippen molar-refractivity contribution >= 4 is 23.1 Å². The Morgan fingerprint density at radius 2 is 2.07 bits per heavy atom. The van der Waals surface area contributed by atoms with Crippen molar-refractivity contribution in [3.8, 4) is 11.6 Å². The number of thiophene rings is 1. The van der Waals surface area contributed by atoms with E-state index in [1.54, 1.807) is 0 Å². The number of nitrogens with zero attached hydrogens (tertiary/aromatic N) is 4. The van der Waals surface area contributed by atoms with Crippen LogP contribution in [0.4, 0.5) is 5.82 Å². The fraction of sp³-hybridized carbons (Fsp3) is 0.286. The SMILES string of the molecule is Cc1cccc(Oc2cc(N3CCN(C(=O)c4cccs4)[C@H](C)C3)ncn2)c1. The molecule has 1 aliphatic heterocycles. The maximum absolute atomic E-state index is 12.7. The van der Waals surface area contributed by atoms with E-state index in [0.29, 0.717) is 12.4 Å². The van der Waals surface area contributed by atoms with Crippen LogP contribution in [0.5, 0.6) is 11.6 Å². The van der Waals surface area contributed by atoms with Crippen molar-refractivity contribution in [1.82, 2.24) is 14.9 Å². The highest BCUT2D eigenvalue weighted by atomic mass is 32.1. The lowest BCUT2D eigenvalue weighted by atomic mass is 10.2. The van der Waals surface area contributed by atoms with Crippen LogP contribution in [-0.2, 0) is 0 Å². The molecule has 1 aromatic carbocycles. The van der Waals surface area contributed by atoms with Gasteiger partial charge in [-0.1, -0.05) is 18.2 Å². The van der Waals surface area contributed by atoms with E-state index in [9.17, 15) is 4.79 Å². The molecule has 2 aromatic heterocycles. The summed E-state index contributed by atoms with van der Waals surface area (Å²) in [5, 5.41) is 1.94. The van der Waals surface area contributed by atoms with Crippen molar-refractivity contribution in [2.45, 2.75) is 19.9 Å². The van der Waals surface area contributed by atoms with Gasteiger partial charge in [0.15, 0.2) is 0 Å². The molecule has 7 heteroatoms. The maximum Gasteiger partial charge on any atom is 0.264 e. The molecule has 0 spiro atoms. The smallest absolute Gasteiger partial charge is 0.264 e. The number of rotatable bonds is 4. The van der Waals surface area contributed by atoms with E-state index in [-0.39, 0.29) is 11.9 Å². The molecule has 28 heavy (non-hydrogen) atoms. The minimum absolute atomic E-state index is 0.0967. The largest absolute Gasteiger partial charge is 0.439 e. The third-order valence-electron chi connectivity index (χ3n) is 4.78. The van der Waals surface area contributed by atoms with Crippen molar-refractivity contribution < 1.29 is 9.53 Å². The molecular formula is C21H22N4O2S. The van der Waals surface area contributed by atoms with E-state index in [2.05, 4.69) is 21.8 Å². The normalized spacial score (nSPS) is 16.9.